The van der Waals surface area contributed by atoms with Gasteiger partial charge >= 0.3 is 11.7 Å². The molecule has 0 aliphatic carbocycles. The Hall–Kier alpha value is -3.69. The van der Waals surface area contributed by atoms with Crippen LogP contribution in [-0.2, 0) is 23.6 Å². The van der Waals surface area contributed by atoms with Crippen molar-refractivity contribution in [3.8, 4) is 17.2 Å². The van der Waals surface area contributed by atoms with Crippen molar-refractivity contribution >= 4 is 11.8 Å². The van der Waals surface area contributed by atoms with Gasteiger partial charge in [0.05, 0.1) is 37.9 Å². The number of hydrogen-bond acceptors (Lipinski definition) is 8. The van der Waals surface area contributed by atoms with Crippen molar-refractivity contribution in [1.82, 2.24) is 9.13 Å². The number of benzene rings is 1. The number of carbonyl (C=O) groups is 1. The second-order valence-electron chi connectivity index (χ2n) is 7.06. The normalized spacial score (nSPS) is 15.2. The number of hydrogen-bond donors (Lipinski definition) is 2. The zero-order valence-corrected chi connectivity index (χ0v) is 18.2. The number of aromatic nitrogens is 2. The van der Waals surface area contributed by atoms with E-state index in [9.17, 15) is 19.5 Å². The molecule has 0 bridgehead atoms. The summed E-state index contributed by atoms with van der Waals surface area (Å²) >= 11 is 0. The van der Waals surface area contributed by atoms with Crippen LogP contribution in [0.25, 0.3) is 0 Å². The topological polar surface area (TPSA) is 121 Å². The Morgan fingerprint density at radius 2 is 1.71 bits per heavy atom. The van der Waals surface area contributed by atoms with Crippen LogP contribution < -0.4 is 26.0 Å². The molecule has 0 radical (unpaired) electrons. The Balaban J connectivity index is 2.44. The minimum atomic E-state index is -0.899. The molecule has 31 heavy (non-hydrogen) atoms. The molecule has 1 atom stereocenters. The Morgan fingerprint density at radius 3 is 2.23 bits per heavy atom. The predicted octanol–water partition coefficient (Wildman–Crippen LogP) is 1.20. The van der Waals surface area contributed by atoms with Gasteiger partial charge in [-0.05, 0) is 31.5 Å². The highest BCUT2D eigenvalue weighted by Gasteiger charge is 2.38. The van der Waals surface area contributed by atoms with Gasteiger partial charge in [-0.2, -0.15) is 0 Å². The van der Waals surface area contributed by atoms with Gasteiger partial charge < -0.3 is 24.6 Å². The molecule has 2 heterocycles. The summed E-state index contributed by atoms with van der Waals surface area (Å²) in [5.74, 6) is -1.23. The molecule has 1 unspecified atom stereocenters. The third-order valence-corrected chi connectivity index (χ3v) is 5.32. The van der Waals surface area contributed by atoms with Gasteiger partial charge in [-0.25, -0.2) is 9.59 Å². The van der Waals surface area contributed by atoms with Crippen molar-refractivity contribution in [1.29, 1.82) is 0 Å². The highest BCUT2D eigenvalue weighted by molar-refractivity contribution is 5.94. The Kier molecular flexibility index (Phi) is 5.83. The van der Waals surface area contributed by atoms with Gasteiger partial charge in [-0.1, -0.05) is 0 Å². The molecule has 0 saturated carbocycles. The van der Waals surface area contributed by atoms with Crippen molar-refractivity contribution in [3.05, 3.63) is 55.4 Å². The van der Waals surface area contributed by atoms with Gasteiger partial charge in [0.2, 0.25) is 5.75 Å². The van der Waals surface area contributed by atoms with E-state index in [-0.39, 0.29) is 40.8 Å². The van der Waals surface area contributed by atoms with E-state index in [1.54, 1.807) is 13.8 Å². The summed E-state index contributed by atoms with van der Waals surface area (Å²) in [5, 5.41) is 13.3. The van der Waals surface area contributed by atoms with Gasteiger partial charge in [-0.15, -0.1) is 0 Å². The van der Waals surface area contributed by atoms with Gasteiger partial charge in [0.1, 0.15) is 5.82 Å². The summed E-state index contributed by atoms with van der Waals surface area (Å²) in [6.45, 7) is 3.49. The Bertz CT molecular complexity index is 1180. The van der Waals surface area contributed by atoms with Gasteiger partial charge in [0.25, 0.3) is 5.56 Å². The van der Waals surface area contributed by atoms with Crippen LogP contribution in [0.5, 0.6) is 17.2 Å². The second-order valence-corrected chi connectivity index (χ2v) is 7.06. The summed E-state index contributed by atoms with van der Waals surface area (Å²) in [6, 6.07) is 3.04. The van der Waals surface area contributed by atoms with Crippen molar-refractivity contribution in [3.63, 3.8) is 0 Å². The number of phenolic OH excluding ortho intramolecular Hbond substituents is 1. The number of anilines is 1. The minimum Gasteiger partial charge on any atom is -0.502 e. The first-order valence-corrected chi connectivity index (χ1v) is 9.57. The molecule has 1 aromatic heterocycles. The first-order valence-electron chi connectivity index (χ1n) is 9.57. The standard InChI is InChI=1S/C21H25N3O7/c1-7-31-20(27)14-10(2)22-18-16(19(26)24(4)21(28)23(18)3)15(14)11-8-12(29-5)17(25)13(9-11)30-6/h8-9,15,22,25H,7H2,1-6H3. The molecular formula is C21H25N3O7. The number of carbonyl (C=O) groups excluding carboxylic acids is 1. The molecule has 0 amide bonds. The number of phenols is 1. The molecule has 2 aromatic rings. The summed E-state index contributed by atoms with van der Waals surface area (Å²) < 4.78 is 18.1. The summed E-state index contributed by atoms with van der Waals surface area (Å²) in [7, 11) is 5.66. The van der Waals surface area contributed by atoms with Crippen molar-refractivity contribution in [2.24, 2.45) is 14.1 Å². The number of ether oxygens (including phenoxy) is 3. The first kappa shape index (κ1) is 22.0. The number of allylic oxidation sites excluding steroid dienone is 1. The molecule has 166 valence electrons. The minimum absolute atomic E-state index is 0.108. The summed E-state index contributed by atoms with van der Waals surface area (Å²) in [4.78, 5) is 38.6. The van der Waals surface area contributed by atoms with Crippen LogP contribution in [0.3, 0.4) is 0 Å². The van der Waals surface area contributed by atoms with E-state index in [0.717, 1.165) is 4.57 Å². The predicted molar refractivity (Wildman–Crippen MR) is 113 cm³/mol. The molecule has 3 rings (SSSR count). The number of esters is 1. The summed E-state index contributed by atoms with van der Waals surface area (Å²) in [6.07, 6.45) is 0. The zero-order valence-electron chi connectivity index (χ0n) is 18.2. The van der Waals surface area contributed by atoms with Crippen LogP contribution in [-0.4, -0.2) is 41.0 Å². The molecule has 0 saturated heterocycles. The maximum Gasteiger partial charge on any atom is 0.336 e. The van der Waals surface area contributed by atoms with E-state index in [4.69, 9.17) is 14.2 Å². The maximum absolute atomic E-state index is 13.2. The number of nitrogens with zero attached hydrogens (tertiary/aromatic N) is 2. The molecule has 2 N–H and O–H groups in total. The van der Waals surface area contributed by atoms with Crippen LogP contribution in [0.2, 0.25) is 0 Å². The lowest BCUT2D eigenvalue weighted by molar-refractivity contribution is -0.138. The zero-order chi connectivity index (χ0) is 23.0. The highest BCUT2D eigenvalue weighted by atomic mass is 16.5. The van der Waals surface area contributed by atoms with Crippen molar-refractivity contribution in [2.75, 3.05) is 26.1 Å². The fraction of sp³-hybridized carbons (Fsp3) is 0.381. The molecular weight excluding hydrogens is 406 g/mol. The van der Waals surface area contributed by atoms with Gasteiger partial charge in [0, 0.05) is 19.8 Å². The fourth-order valence-corrected chi connectivity index (χ4v) is 3.78. The van der Waals surface area contributed by atoms with Crippen LogP contribution in [0.1, 0.15) is 30.9 Å². The fourth-order valence-electron chi connectivity index (χ4n) is 3.78. The Labute approximate surface area is 178 Å². The van der Waals surface area contributed by atoms with E-state index in [1.807, 2.05) is 0 Å². The van der Waals surface area contributed by atoms with Gasteiger partial charge in [0.15, 0.2) is 11.5 Å². The van der Waals surface area contributed by atoms with Crippen molar-refractivity contribution in [2.45, 2.75) is 19.8 Å². The number of fused-ring (bicyclic) bond motifs is 1. The molecule has 10 heteroatoms. The molecule has 0 spiro atoms. The number of methoxy groups -OCH3 is 2. The van der Waals surface area contributed by atoms with E-state index >= 15 is 0 Å². The Morgan fingerprint density at radius 1 is 1.13 bits per heavy atom. The molecule has 10 nitrogen and oxygen atoms in total. The van der Waals surface area contributed by atoms with E-state index in [2.05, 4.69) is 5.32 Å². The average molecular weight is 431 g/mol. The molecule has 1 aliphatic rings. The van der Waals surface area contributed by atoms with Crippen LogP contribution in [0, 0.1) is 0 Å². The third kappa shape index (κ3) is 3.43. The molecule has 1 aliphatic heterocycles. The first-order chi connectivity index (χ1) is 14.7. The lowest BCUT2D eigenvalue weighted by Gasteiger charge is -2.31. The number of aromatic hydroxyl groups is 1. The van der Waals surface area contributed by atoms with Crippen LogP contribution in [0.4, 0.5) is 5.82 Å². The average Bonchev–Trinajstić information content (AvgIpc) is 2.75. The lowest BCUT2D eigenvalue weighted by atomic mass is 9.82. The molecule has 0 fully saturated rings. The largest absolute Gasteiger partial charge is 0.502 e. The van der Waals surface area contributed by atoms with E-state index < -0.39 is 23.1 Å². The lowest BCUT2D eigenvalue weighted by Crippen LogP contribution is -2.43. The maximum atomic E-state index is 13.2. The van der Waals surface area contributed by atoms with Crippen LogP contribution in [0.15, 0.2) is 33.0 Å². The second kappa shape index (κ2) is 8.21. The highest BCUT2D eigenvalue weighted by Crippen LogP contribution is 2.45. The SMILES string of the molecule is CCOC(=O)C1=C(C)Nc2c(c(=O)n(C)c(=O)n2C)C1c1cc(OC)c(O)c(OC)c1. The monoisotopic (exact) mass is 431 g/mol. The van der Waals surface area contributed by atoms with E-state index in [0.29, 0.717) is 11.3 Å². The quantitative estimate of drug-likeness (QED) is 0.678. The number of rotatable bonds is 5. The smallest absolute Gasteiger partial charge is 0.336 e. The van der Waals surface area contributed by atoms with Gasteiger partial charge in [-0.3, -0.25) is 13.9 Å². The summed E-state index contributed by atoms with van der Waals surface area (Å²) in [5.41, 5.74) is 0.213. The van der Waals surface area contributed by atoms with E-state index in [1.165, 1.54) is 45.0 Å². The third-order valence-electron chi connectivity index (χ3n) is 5.32. The number of nitrogens with one attached hydrogen (secondary N) is 1. The van der Waals surface area contributed by atoms with Crippen molar-refractivity contribution < 1.29 is 24.1 Å². The molecule has 1 aromatic carbocycles. The van der Waals surface area contributed by atoms with Crippen LogP contribution >= 0.6 is 0 Å².